The van der Waals surface area contributed by atoms with E-state index in [4.69, 9.17) is 0 Å². The van der Waals surface area contributed by atoms with Gasteiger partial charge in [-0.15, -0.1) is 11.3 Å². The summed E-state index contributed by atoms with van der Waals surface area (Å²) in [5, 5.41) is 29.6. The molecule has 2 aliphatic rings. The number of aromatic nitrogens is 1. The molecule has 24 heavy (non-hydrogen) atoms. The second kappa shape index (κ2) is 6.26. The Morgan fingerprint density at radius 2 is 1.83 bits per heavy atom. The third-order valence-electron chi connectivity index (χ3n) is 3.46. The van der Waals surface area contributed by atoms with Gasteiger partial charge >= 0.3 is 0 Å². The number of nitrogens with zero attached hydrogens (tertiary/aromatic N) is 1. The lowest BCUT2D eigenvalue weighted by atomic mass is 10.1. The highest BCUT2D eigenvalue weighted by Crippen LogP contribution is 2.35. The Morgan fingerprint density at radius 1 is 1.12 bits per heavy atom. The molecule has 0 amide bonds. The Bertz CT molecular complexity index is 997. The van der Waals surface area contributed by atoms with E-state index >= 15 is 0 Å². The van der Waals surface area contributed by atoms with Crippen LogP contribution in [0.5, 0.6) is 17.2 Å². The lowest BCUT2D eigenvalue weighted by Gasteiger charge is -2.08. The minimum atomic E-state index is -0.383. The van der Waals surface area contributed by atoms with Gasteiger partial charge in [0.05, 0.1) is 4.88 Å². The third-order valence-corrected chi connectivity index (χ3v) is 5.23. The quantitative estimate of drug-likeness (QED) is 0.561. The second-order valence-electron chi connectivity index (χ2n) is 5.18. The van der Waals surface area contributed by atoms with Gasteiger partial charge in [-0.3, -0.25) is 4.79 Å². The van der Waals surface area contributed by atoms with Gasteiger partial charge in [0.15, 0.2) is 17.2 Å². The van der Waals surface area contributed by atoms with Crippen molar-refractivity contribution in [2.24, 2.45) is 0 Å². The monoisotopic (exact) mass is 405 g/mol. The third kappa shape index (κ3) is 3.00. The van der Waals surface area contributed by atoms with Crippen LogP contribution in [0.3, 0.4) is 0 Å². The summed E-state index contributed by atoms with van der Waals surface area (Å²) in [6.45, 7) is 1.65. The number of rotatable bonds is 2. The number of aromatic hydroxyl groups is 3. The highest BCUT2D eigenvalue weighted by molar-refractivity contribution is 9.10. The maximum Gasteiger partial charge on any atom is 0.224 e. The summed E-state index contributed by atoms with van der Waals surface area (Å²) in [5.74, 6) is -0.707. The van der Waals surface area contributed by atoms with Crippen molar-refractivity contribution in [2.75, 3.05) is 0 Å². The van der Waals surface area contributed by atoms with E-state index in [1.54, 1.807) is 31.3 Å². The van der Waals surface area contributed by atoms with Gasteiger partial charge in [0.25, 0.3) is 0 Å². The minimum Gasteiger partial charge on any atom is -0.504 e. The van der Waals surface area contributed by atoms with Crippen molar-refractivity contribution in [3.8, 4) is 27.7 Å². The molecular formula is C17H12BrNO4S. The van der Waals surface area contributed by atoms with E-state index in [0.717, 1.165) is 0 Å². The van der Waals surface area contributed by atoms with E-state index in [1.807, 2.05) is 0 Å². The standard InChI is InChI=1S/C17H12BrNO4S/c1-8-4-10-7-19-14(24-17(10)16(23)15(8)22)3-2-9-5-12(20)13(21)6-11(9)18/h2-7,20-21,23H,1H3/b3-2+. The molecule has 0 radical (unpaired) electrons. The van der Waals surface area contributed by atoms with Crippen LogP contribution in [0.1, 0.15) is 16.1 Å². The fourth-order valence-electron chi connectivity index (χ4n) is 2.19. The summed E-state index contributed by atoms with van der Waals surface area (Å²) in [7, 11) is 0. The Kier molecular flexibility index (Phi) is 4.29. The molecule has 0 unspecified atom stereocenters. The molecule has 1 aromatic carbocycles. The number of fused-ring (bicyclic) bond motifs is 1. The molecule has 5 nitrogen and oxygen atoms in total. The molecule has 1 aromatic rings. The van der Waals surface area contributed by atoms with Gasteiger partial charge in [-0.2, -0.15) is 0 Å². The lowest BCUT2D eigenvalue weighted by Crippen LogP contribution is -2.05. The minimum absolute atomic E-state index is 0.214. The van der Waals surface area contributed by atoms with Crippen LogP contribution in [0.15, 0.2) is 33.7 Å². The van der Waals surface area contributed by atoms with Gasteiger partial charge in [-0.05, 0) is 36.8 Å². The van der Waals surface area contributed by atoms with Crippen LogP contribution in [0.25, 0.3) is 22.6 Å². The topological polar surface area (TPSA) is 90.7 Å². The molecule has 1 heterocycles. The smallest absolute Gasteiger partial charge is 0.224 e. The van der Waals surface area contributed by atoms with Crippen molar-refractivity contribution >= 4 is 39.4 Å². The van der Waals surface area contributed by atoms with Gasteiger partial charge in [0, 0.05) is 21.8 Å². The molecule has 0 atom stereocenters. The average molecular weight is 406 g/mol. The van der Waals surface area contributed by atoms with Crippen molar-refractivity contribution in [1.82, 2.24) is 4.98 Å². The molecular weight excluding hydrogens is 394 g/mol. The first-order valence-electron chi connectivity index (χ1n) is 6.89. The normalized spacial score (nSPS) is 11.4. The fourth-order valence-corrected chi connectivity index (χ4v) is 3.52. The van der Waals surface area contributed by atoms with Gasteiger partial charge in [-0.25, -0.2) is 4.98 Å². The summed E-state index contributed by atoms with van der Waals surface area (Å²) in [5.41, 5.74) is 1.44. The number of benzene rings is 2. The molecule has 0 saturated heterocycles. The Balaban J connectivity index is 2.04. The zero-order chi connectivity index (χ0) is 17.4. The van der Waals surface area contributed by atoms with Crippen LogP contribution in [-0.4, -0.2) is 20.3 Å². The molecule has 3 rings (SSSR count). The predicted molar refractivity (Wildman–Crippen MR) is 97.8 cm³/mol. The van der Waals surface area contributed by atoms with E-state index in [9.17, 15) is 20.1 Å². The van der Waals surface area contributed by atoms with Crippen LogP contribution in [-0.2, 0) is 0 Å². The Labute approximate surface area is 149 Å². The lowest BCUT2D eigenvalue weighted by molar-refractivity contribution is 0.403. The highest BCUT2D eigenvalue weighted by Gasteiger charge is 2.15. The highest BCUT2D eigenvalue weighted by atomic mass is 79.9. The summed E-state index contributed by atoms with van der Waals surface area (Å²) in [4.78, 5) is 16.6. The van der Waals surface area contributed by atoms with Crippen molar-refractivity contribution < 1.29 is 15.3 Å². The van der Waals surface area contributed by atoms with E-state index in [-0.39, 0.29) is 22.7 Å². The van der Waals surface area contributed by atoms with Crippen LogP contribution in [0, 0.1) is 6.92 Å². The molecule has 1 aliphatic heterocycles. The number of hydrogen-bond acceptors (Lipinski definition) is 6. The molecule has 0 bridgehead atoms. The summed E-state index contributed by atoms with van der Waals surface area (Å²) >= 11 is 4.50. The predicted octanol–water partition coefficient (Wildman–Crippen LogP) is 3.97. The Morgan fingerprint density at radius 3 is 2.58 bits per heavy atom. The molecule has 0 spiro atoms. The van der Waals surface area contributed by atoms with Crippen LogP contribution >= 0.6 is 27.3 Å². The number of phenolic OH excluding ortho intramolecular Hbond substituents is 3. The molecule has 0 fully saturated rings. The van der Waals surface area contributed by atoms with Crippen LogP contribution < -0.4 is 5.43 Å². The number of aryl methyl sites for hydroxylation is 1. The van der Waals surface area contributed by atoms with Crippen LogP contribution in [0.2, 0.25) is 0 Å². The van der Waals surface area contributed by atoms with Crippen molar-refractivity contribution in [3.63, 3.8) is 0 Å². The fraction of sp³-hybridized carbons (Fsp3) is 0.0588. The van der Waals surface area contributed by atoms with Crippen molar-refractivity contribution in [2.45, 2.75) is 6.92 Å². The Hall–Kier alpha value is -2.38. The summed E-state index contributed by atoms with van der Waals surface area (Å²) in [6.07, 6.45) is 5.00. The zero-order valence-electron chi connectivity index (χ0n) is 12.4. The number of hydrogen-bond donors (Lipinski definition) is 3. The van der Waals surface area contributed by atoms with Crippen molar-refractivity contribution in [1.29, 1.82) is 0 Å². The molecule has 1 aliphatic carbocycles. The van der Waals surface area contributed by atoms with Gasteiger partial charge in [0.1, 0.15) is 5.01 Å². The molecule has 0 aromatic heterocycles. The van der Waals surface area contributed by atoms with Crippen LogP contribution in [0.4, 0.5) is 0 Å². The first-order valence-corrected chi connectivity index (χ1v) is 8.49. The van der Waals surface area contributed by atoms with Gasteiger partial charge < -0.3 is 15.3 Å². The second-order valence-corrected chi connectivity index (χ2v) is 7.07. The van der Waals surface area contributed by atoms with E-state index in [0.29, 0.717) is 31.0 Å². The number of halogens is 1. The van der Waals surface area contributed by atoms with Gasteiger partial charge in [0.2, 0.25) is 5.43 Å². The summed E-state index contributed by atoms with van der Waals surface area (Å²) < 4.78 is 0.611. The van der Waals surface area contributed by atoms with Crippen molar-refractivity contribution in [3.05, 3.63) is 55.2 Å². The van der Waals surface area contributed by atoms with E-state index < -0.39 is 0 Å². The molecule has 122 valence electrons. The van der Waals surface area contributed by atoms with E-state index in [2.05, 4.69) is 20.9 Å². The molecule has 7 heteroatoms. The summed E-state index contributed by atoms with van der Waals surface area (Å²) in [6, 6.07) is 4.51. The average Bonchev–Trinajstić information content (AvgIpc) is 2.55. The first-order chi connectivity index (χ1) is 11.4. The maximum atomic E-state index is 11.8. The number of phenols is 3. The first kappa shape index (κ1) is 16.5. The maximum absolute atomic E-state index is 11.8. The van der Waals surface area contributed by atoms with E-state index in [1.165, 1.54) is 23.5 Å². The largest absolute Gasteiger partial charge is 0.504 e. The SMILES string of the molecule is Cc1cc2cnc(/C=C/c3cc(O)c(O)cc3Br)sc-2c(O)c1=O. The van der Waals surface area contributed by atoms with Gasteiger partial charge in [-0.1, -0.05) is 22.0 Å². The molecule has 3 N–H and O–H groups in total. The zero-order valence-corrected chi connectivity index (χ0v) is 14.8. The molecule has 0 saturated carbocycles.